The summed E-state index contributed by atoms with van der Waals surface area (Å²) in [6, 6.07) is 27.2. The van der Waals surface area contributed by atoms with Crippen LogP contribution < -0.4 is 0 Å². The molecule has 0 aliphatic heterocycles. The highest BCUT2D eigenvalue weighted by Crippen LogP contribution is 2.49. The van der Waals surface area contributed by atoms with Crippen molar-refractivity contribution in [1.82, 2.24) is 9.38 Å². The van der Waals surface area contributed by atoms with E-state index in [1.165, 1.54) is 79.9 Å². The van der Waals surface area contributed by atoms with E-state index < -0.39 is 0 Å². The first-order chi connectivity index (χ1) is 17.1. The molecule has 7 aromatic rings. The summed E-state index contributed by atoms with van der Waals surface area (Å²) in [5.74, 6) is 0.612. The van der Waals surface area contributed by atoms with E-state index in [4.69, 9.17) is 4.98 Å². The fourth-order valence-electron chi connectivity index (χ4n) is 6.94. The Morgan fingerprint density at radius 2 is 1.49 bits per heavy atom. The Hall–Kier alpha value is -3.65. The predicted octanol–water partition coefficient (Wildman–Crippen LogP) is 9.22. The van der Waals surface area contributed by atoms with Crippen LogP contribution in [0.25, 0.3) is 59.8 Å². The first-order valence-electron chi connectivity index (χ1n) is 13.0. The Morgan fingerprint density at radius 1 is 0.743 bits per heavy atom. The number of aromatic nitrogens is 2. The Morgan fingerprint density at radius 3 is 2.31 bits per heavy atom. The van der Waals surface area contributed by atoms with Gasteiger partial charge in [-0.05, 0) is 89.1 Å². The monoisotopic (exact) mass is 452 g/mol. The minimum absolute atomic E-state index is 0.461. The highest BCUT2D eigenvalue weighted by Gasteiger charge is 2.30. The summed E-state index contributed by atoms with van der Waals surface area (Å²) in [6.45, 7) is 4.87. The molecular weight excluding hydrogens is 424 g/mol. The molecule has 4 aromatic carbocycles. The van der Waals surface area contributed by atoms with E-state index in [9.17, 15) is 0 Å². The summed E-state index contributed by atoms with van der Waals surface area (Å²) >= 11 is 0. The third-order valence-corrected chi connectivity index (χ3v) is 8.83. The van der Waals surface area contributed by atoms with E-state index in [0.29, 0.717) is 11.3 Å². The van der Waals surface area contributed by atoms with Gasteiger partial charge in [-0.1, -0.05) is 56.3 Å². The van der Waals surface area contributed by atoms with Crippen molar-refractivity contribution in [2.75, 3.05) is 0 Å². The van der Waals surface area contributed by atoms with Gasteiger partial charge in [-0.15, -0.1) is 0 Å². The zero-order valence-corrected chi connectivity index (χ0v) is 20.3. The lowest BCUT2D eigenvalue weighted by molar-refractivity contribution is 0.225. The van der Waals surface area contributed by atoms with Crippen molar-refractivity contribution in [1.29, 1.82) is 0 Å². The van der Waals surface area contributed by atoms with E-state index in [1.54, 1.807) is 5.56 Å². The molecule has 0 radical (unpaired) electrons. The average molecular weight is 453 g/mol. The third-order valence-electron chi connectivity index (χ3n) is 8.83. The number of rotatable bonds is 1. The zero-order chi connectivity index (χ0) is 23.3. The molecule has 3 aromatic heterocycles. The van der Waals surface area contributed by atoms with Gasteiger partial charge in [0.15, 0.2) is 0 Å². The Bertz CT molecular complexity index is 1930. The molecule has 35 heavy (non-hydrogen) atoms. The maximum Gasteiger partial charge on any atom is 0.0822 e. The predicted molar refractivity (Wildman–Crippen MR) is 149 cm³/mol. The molecule has 2 heteroatoms. The van der Waals surface area contributed by atoms with Crippen molar-refractivity contribution in [3.05, 3.63) is 84.6 Å². The quantitative estimate of drug-likeness (QED) is 0.179. The normalized spacial score (nSPS) is 17.1. The van der Waals surface area contributed by atoms with Gasteiger partial charge in [0.2, 0.25) is 0 Å². The molecule has 0 saturated heterocycles. The van der Waals surface area contributed by atoms with Crippen LogP contribution in [0.5, 0.6) is 0 Å². The summed E-state index contributed by atoms with van der Waals surface area (Å²) in [4.78, 5) is 4.99. The molecule has 1 aliphatic rings. The van der Waals surface area contributed by atoms with Gasteiger partial charge in [-0.3, -0.25) is 4.98 Å². The second-order valence-electron chi connectivity index (χ2n) is 11.5. The van der Waals surface area contributed by atoms with Gasteiger partial charge in [0.05, 0.1) is 22.1 Å². The molecule has 170 valence electrons. The molecule has 1 fully saturated rings. The van der Waals surface area contributed by atoms with Crippen molar-refractivity contribution in [2.45, 2.75) is 45.4 Å². The summed E-state index contributed by atoms with van der Waals surface area (Å²) in [5.41, 5.74) is 7.04. The van der Waals surface area contributed by atoms with Crippen LogP contribution in [0.4, 0.5) is 0 Å². The lowest BCUT2D eigenvalue weighted by atomic mass is 9.70. The number of hydrogen-bond donors (Lipinski definition) is 0. The van der Waals surface area contributed by atoms with Crippen LogP contribution in [0.1, 0.15) is 51.0 Å². The molecule has 1 aliphatic carbocycles. The number of fused-ring (bicyclic) bond motifs is 7. The van der Waals surface area contributed by atoms with E-state index in [0.717, 1.165) is 5.52 Å². The Kier molecular flexibility index (Phi) is 3.77. The summed E-state index contributed by atoms with van der Waals surface area (Å²) in [5, 5.41) is 9.23. The largest absolute Gasteiger partial charge is 0.308 e. The molecule has 3 heterocycles. The van der Waals surface area contributed by atoms with Crippen molar-refractivity contribution in [2.24, 2.45) is 5.41 Å². The van der Waals surface area contributed by atoms with E-state index in [1.807, 2.05) is 6.20 Å². The fraction of sp³-hybridized carbons (Fsp3) is 0.242. The third kappa shape index (κ3) is 2.63. The molecule has 8 rings (SSSR count). The summed E-state index contributed by atoms with van der Waals surface area (Å²) in [6.07, 6.45) is 7.14. The zero-order valence-electron chi connectivity index (χ0n) is 20.3. The highest BCUT2D eigenvalue weighted by molar-refractivity contribution is 6.29. The maximum absolute atomic E-state index is 4.99. The number of hydrogen-bond acceptors (Lipinski definition) is 1. The summed E-state index contributed by atoms with van der Waals surface area (Å²) in [7, 11) is 0. The van der Waals surface area contributed by atoms with Crippen molar-refractivity contribution < 1.29 is 0 Å². The Balaban J connectivity index is 1.60. The van der Waals surface area contributed by atoms with Crippen molar-refractivity contribution >= 4 is 59.8 Å². The number of pyridine rings is 2. The molecule has 0 amide bonds. The standard InChI is InChI=1S/C33H28N2/c1-33(2)14-11-20(12-15-33)25-18-23-13-16-34-31-26-17-21-7-3-4-8-22(21)19-28(26)35-27-10-6-5-9-24(27)30(25)32(35)29(23)31/h3-10,13,16-20H,11-12,14-15H2,1-2H3. The van der Waals surface area contributed by atoms with Gasteiger partial charge in [-0.25, -0.2) is 0 Å². The maximum atomic E-state index is 4.99. The average Bonchev–Trinajstić information content (AvgIpc) is 3.23. The van der Waals surface area contributed by atoms with Crippen molar-refractivity contribution in [3.63, 3.8) is 0 Å². The van der Waals surface area contributed by atoms with Crippen LogP contribution >= 0.6 is 0 Å². The van der Waals surface area contributed by atoms with Crippen LogP contribution in [0.3, 0.4) is 0 Å². The topological polar surface area (TPSA) is 17.3 Å². The van der Waals surface area contributed by atoms with Gasteiger partial charge in [-0.2, -0.15) is 0 Å². The van der Waals surface area contributed by atoms with Gasteiger partial charge < -0.3 is 4.40 Å². The lowest BCUT2D eigenvalue weighted by Crippen LogP contribution is -2.20. The molecule has 0 N–H and O–H groups in total. The van der Waals surface area contributed by atoms with E-state index in [-0.39, 0.29) is 0 Å². The lowest BCUT2D eigenvalue weighted by Gasteiger charge is -2.35. The highest BCUT2D eigenvalue weighted by atomic mass is 14.9. The fourth-order valence-corrected chi connectivity index (χ4v) is 6.94. The Labute approximate surface area is 204 Å². The van der Waals surface area contributed by atoms with E-state index in [2.05, 4.69) is 91.0 Å². The second-order valence-corrected chi connectivity index (χ2v) is 11.5. The molecule has 2 nitrogen and oxygen atoms in total. The van der Waals surface area contributed by atoms with Crippen LogP contribution in [0, 0.1) is 5.41 Å². The van der Waals surface area contributed by atoms with Crippen LogP contribution in [0.15, 0.2) is 79.0 Å². The van der Waals surface area contributed by atoms with Crippen LogP contribution in [-0.2, 0) is 0 Å². The SMILES string of the molecule is CC1(C)CCC(c2cc3ccnc4c5cc6ccccc6cc5n5c6ccccc6c2c5c34)CC1. The molecule has 0 bridgehead atoms. The van der Waals surface area contributed by atoms with Crippen LogP contribution in [0.2, 0.25) is 0 Å². The number of benzene rings is 4. The van der Waals surface area contributed by atoms with Gasteiger partial charge in [0.25, 0.3) is 0 Å². The molecule has 0 atom stereocenters. The minimum atomic E-state index is 0.461. The molecule has 0 spiro atoms. The second kappa shape index (κ2) is 6.73. The van der Waals surface area contributed by atoms with Crippen molar-refractivity contribution in [3.8, 4) is 0 Å². The number of para-hydroxylation sites is 1. The smallest absolute Gasteiger partial charge is 0.0822 e. The van der Waals surface area contributed by atoms with E-state index >= 15 is 0 Å². The van der Waals surface area contributed by atoms with Gasteiger partial charge in [0.1, 0.15) is 0 Å². The molecule has 1 saturated carbocycles. The van der Waals surface area contributed by atoms with Crippen LogP contribution in [-0.4, -0.2) is 9.38 Å². The molecular formula is C33H28N2. The first-order valence-corrected chi connectivity index (χ1v) is 13.0. The summed E-state index contributed by atoms with van der Waals surface area (Å²) < 4.78 is 2.54. The van der Waals surface area contributed by atoms with Gasteiger partial charge in [0, 0.05) is 27.7 Å². The van der Waals surface area contributed by atoms with Gasteiger partial charge >= 0.3 is 0 Å². The minimum Gasteiger partial charge on any atom is -0.308 e. The molecule has 0 unspecified atom stereocenters. The number of nitrogens with zero attached hydrogens (tertiary/aromatic N) is 2. The first kappa shape index (κ1) is 19.6.